The van der Waals surface area contributed by atoms with E-state index in [1.54, 1.807) is 12.1 Å². The Morgan fingerprint density at radius 1 is 1.20 bits per heavy atom. The Balaban J connectivity index is 0.000000203. The highest BCUT2D eigenvalue weighted by Gasteiger charge is 2.31. The Bertz CT molecular complexity index is 1340. The number of aromatic nitrogens is 4. The summed E-state index contributed by atoms with van der Waals surface area (Å²) in [6.07, 6.45) is -3.49. The van der Waals surface area contributed by atoms with Crippen molar-refractivity contribution in [3.8, 4) is 17.1 Å². The van der Waals surface area contributed by atoms with Gasteiger partial charge in [0.2, 0.25) is 0 Å². The molecule has 35 heavy (non-hydrogen) atoms. The van der Waals surface area contributed by atoms with Crippen LogP contribution in [0.1, 0.15) is 39.6 Å². The third-order valence-corrected chi connectivity index (χ3v) is 4.11. The third-order valence-electron chi connectivity index (χ3n) is 4.11. The molecule has 14 heteroatoms. The van der Waals surface area contributed by atoms with Crippen LogP contribution in [0.4, 0.5) is 19.0 Å². The molecule has 0 radical (unpaired) electrons. The SMILES string of the molecule is CC(=O)c1ccc(Cn2ncc([NH-])n2)o1.Cc1nc(C(=O)O)c(-c2cccc(OC(F)(F)F)c2)o1. The molecule has 0 fully saturated rings. The van der Waals surface area contributed by atoms with Crippen LogP contribution in [0.15, 0.2) is 51.4 Å². The van der Waals surface area contributed by atoms with Crippen molar-refractivity contribution in [3.05, 3.63) is 71.4 Å². The number of benzene rings is 1. The summed E-state index contributed by atoms with van der Waals surface area (Å²) in [5.41, 5.74) is 6.94. The van der Waals surface area contributed by atoms with E-state index in [-0.39, 0.29) is 34.5 Å². The zero-order valence-corrected chi connectivity index (χ0v) is 18.2. The number of halogens is 3. The van der Waals surface area contributed by atoms with Gasteiger partial charge in [0.1, 0.15) is 11.5 Å². The van der Waals surface area contributed by atoms with Crippen molar-refractivity contribution < 1.29 is 41.4 Å². The zero-order chi connectivity index (χ0) is 25.8. The maximum Gasteiger partial charge on any atom is 0.573 e. The first kappa shape index (κ1) is 25.0. The number of ether oxygens (including phenoxy) is 1. The van der Waals surface area contributed by atoms with Gasteiger partial charge in [0, 0.05) is 25.6 Å². The van der Waals surface area contributed by atoms with Crippen molar-refractivity contribution in [1.82, 2.24) is 20.0 Å². The highest BCUT2D eigenvalue weighted by atomic mass is 19.4. The zero-order valence-electron chi connectivity index (χ0n) is 18.2. The number of Topliss-reactive ketones (excluding diaryl/α,β-unsaturated/α-hetero) is 1. The number of carbonyl (C=O) groups excluding carboxylic acids is 1. The van der Waals surface area contributed by atoms with Gasteiger partial charge in [-0.3, -0.25) is 9.59 Å². The number of rotatable bonds is 6. The fraction of sp³-hybridized carbons (Fsp3) is 0.190. The Kier molecular flexibility index (Phi) is 7.22. The van der Waals surface area contributed by atoms with Crippen molar-refractivity contribution in [2.24, 2.45) is 0 Å². The molecule has 2 N–H and O–H groups in total. The number of nitrogens with one attached hydrogen (secondary N) is 1. The first-order valence-electron chi connectivity index (χ1n) is 9.69. The summed E-state index contributed by atoms with van der Waals surface area (Å²) in [5.74, 6) is -0.926. The van der Waals surface area contributed by atoms with Crippen molar-refractivity contribution in [1.29, 1.82) is 0 Å². The number of aryl methyl sites for hydroxylation is 1. The number of ketones is 1. The molecule has 0 saturated heterocycles. The molecular weight excluding hydrogens is 475 g/mol. The molecule has 4 rings (SSSR count). The Labute approximate surface area is 194 Å². The van der Waals surface area contributed by atoms with E-state index in [4.69, 9.17) is 19.7 Å². The van der Waals surface area contributed by atoms with Crippen LogP contribution in [0.5, 0.6) is 5.75 Å². The highest BCUT2D eigenvalue weighted by molar-refractivity contribution is 5.92. The van der Waals surface area contributed by atoms with E-state index in [0.717, 1.165) is 12.1 Å². The molecule has 4 aromatic rings. The molecule has 0 aliphatic heterocycles. The maximum atomic E-state index is 12.1. The Morgan fingerprint density at radius 2 is 1.94 bits per heavy atom. The number of carboxylic acids is 1. The van der Waals surface area contributed by atoms with Crippen LogP contribution in [-0.2, 0) is 6.54 Å². The Hall–Kier alpha value is -4.62. The molecule has 1 aromatic carbocycles. The average Bonchev–Trinajstić information content (AvgIpc) is 3.48. The number of hydrogen-bond acceptors (Lipinski definition) is 8. The smallest absolute Gasteiger partial charge is 0.480 e. The average molecular weight is 492 g/mol. The Morgan fingerprint density at radius 3 is 2.51 bits per heavy atom. The van der Waals surface area contributed by atoms with Gasteiger partial charge in [-0.2, -0.15) is 5.10 Å². The summed E-state index contributed by atoms with van der Waals surface area (Å²) in [6, 6.07) is 8.13. The molecule has 184 valence electrons. The summed E-state index contributed by atoms with van der Waals surface area (Å²) < 4.78 is 50.5. The molecule has 0 unspecified atom stereocenters. The van der Waals surface area contributed by atoms with Crippen LogP contribution in [0.3, 0.4) is 0 Å². The van der Waals surface area contributed by atoms with Crippen LogP contribution >= 0.6 is 0 Å². The maximum absolute atomic E-state index is 12.1. The van der Waals surface area contributed by atoms with Crippen LogP contribution in [0.25, 0.3) is 17.1 Å². The number of hydrogen-bond donors (Lipinski definition) is 1. The van der Waals surface area contributed by atoms with E-state index in [1.165, 1.54) is 37.0 Å². The third kappa shape index (κ3) is 6.93. The number of alkyl halides is 3. The lowest BCUT2D eigenvalue weighted by atomic mass is 10.1. The lowest BCUT2D eigenvalue weighted by molar-refractivity contribution is -0.274. The molecular formula is C21H17F3N5O6-. The molecule has 0 aliphatic carbocycles. The van der Waals surface area contributed by atoms with Crippen molar-refractivity contribution in [2.45, 2.75) is 26.8 Å². The number of oxazole rings is 1. The van der Waals surface area contributed by atoms with Gasteiger partial charge in [-0.25, -0.2) is 9.78 Å². The van der Waals surface area contributed by atoms with Crippen LogP contribution < -0.4 is 4.74 Å². The molecule has 11 nitrogen and oxygen atoms in total. The molecule has 0 spiro atoms. The van der Waals surface area contributed by atoms with Crippen LogP contribution in [0.2, 0.25) is 0 Å². The van der Waals surface area contributed by atoms with Crippen LogP contribution in [-0.4, -0.2) is 43.2 Å². The quantitative estimate of drug-likeness (QED) is 0.364. The summed E-state index contributed by atoms with van der Waals surface area (Å²) in [5, 5.41) is 16.6. The monoisotopic (exact) mass is 492 g/mol. The molecule has 0 bridgehead atoms. The minimum absolute atomic E-state index is 0.0968. The summed E-state index contributed by atoms with van der Waals surface area (Å²) in [7, 11) is 0. The standard InChI is InChI=1S/C12H8F3NO4.C9H9N4O2/c1-6-16-9(11(17)18)10(19-6)7-3-2-4-8(5-7)20-12(13,14)15;1-6(14)8-3-2-7(15-8)5-13-11-4-9(10)12-13/h2-5H,1H3,(H,17,18);2-4H,5H2,1H3,(H-,10,12)/q;-1. The minimum atomic E-state index is -4.83. The normalized spacial score (nSPS) is 11.0. The fourth-order valence-electron chi connectivity index (χ4n) is 2.77. The number of carboxylic acid groups (broad SMARTS) is 1. The van der Waals surface area contributed by atoms with Crippen molar-refractivity contribution in [2.75, 3.05) is 0 Å². The number of aromatic carboxylic acids is 1. The summed E-state index contributed by atoms with van der Waals surface area (Å²) in [4.78, 5) is 26.9. The van der Waals surface area contributed by atoms with E-state index in [0.29, 0.717) is 18.1 Å². The van der Waals surface area contributed by atoms with E-state index in [9.17, 15) is 22.8 Å². The predicted octanol–water partition coefficient (Wildman–Crippen LogP) is 5.05. The van der Waals surface area contributed by atoms with E-state index in [1.807, 2.05) is 0 Å². The largest absolute Gasteiger partial charge is 0.573 e. The van der Waals surface area contributed by atoms with E-state index in [2.05, 4.69) is 19.9 Å². The van der Waals surface area contributed by atoms with Gasteiger partial charge in [-0.15, -0.1) is 13.2 Å². The van der Waals surface area contributed by atoms with Gasteiger partial charge < -0.3 is 29.5 Å². The van der Waals surface area contributed by atoms with Gasteiger partial charge in [-0.05, 0) is 30.1 Å². The number of nitrogens with zero attached hydrogens (tertiary/aromatic N) is 4. The molecule has 0 saturated carbocycles. The van der Waals surface area contributed by atoms with E-state index < -0.39 is 18.1 Å². The van der Waals surface area contributed by atoms with Crippen LogP contribution in [0, 0.1) is 6.92 Å². The lowest BCUT2D eigenvalue weighted by Crippen LogP contribution is -2.17. The second-order valence-electron chi connectivity index (χ2n) is 6.87. The molecule has 3 aromatic heterocycles. The van der Waals surface area contributed by atoms with Gasteiger partial charge in [-0.1, -0.05) is 12.1 Å². The molecule has 0 aliphatic rings. The second-order valence-corrected chi connectivity index (χ2v) is 6.87. The topological polar surface area (TPSA) is 157 Å². The number of carbonyl (C=O) groups is 2. The first-order valence-corrected chi connectivity index (χ1v) is 9.69. The fourth-order valence-corrected chi connectivity index (χ4v) is 2.77. The molecule has 3 heterocycles. The second kappa shape index (κ2) is 10.1. The minimum Gasteiger partial charge on any atom is -0.480 e. The first-order chi connectivity index (χ1) is 16.4. The van der Waals surface area contributed by atoms with Gasteiger partial charge in [0.15, 0.2) is 28.9 Å². The lowest BCUT2D eigenvalue weighted by Gasteiger charge is -2.09. The molecule has 0 atom stereocenters. The van der Waals surface area contributed by atoms with E-state index >= 15 is 0 Å². The summed E-state index contributed by atoms with van der Waals surface area (Å²) in [6.45, 7) is 3.20. The highest BCUT2D eigenvalue weighted by Crippen LogP contribution is 2.30. The predicted molar refractivity (Wildman–Crippen MR) is 112 cm³/mol. The van der Waals surface area contributed by atoms with Crippen molar-refractivity contribution in [3.63, 3.8) is 0 Å². The van der Waals surface area contributed by atoms with Crippen molar-refractivity contribution >= 4 is 17.6 Å². The van der Waals surface area contributed by atoms with Gasteiger partial charge in [0.05, 0.1) is 6.54 Å². The summed E-state index contributed by atoms with van der Waals surface area (Å²) >= 11 is 0. The van der Waals surface area contributed by atoms with Gasteiger partial charge in [0.25, 0.3) is 0 Å². The number of furan rings is 1. The molecule has 0 amide bonds. The van der Waals surface area contributed by atoms with Gasteiger partial charge >= 0.3 is 12.3 Å².